The van der Waals surface area contributed by atoms with Gasteiger partial charge in [-0.3, -0.25) is 9.36 Å². The van der Waals surface area contributed by atoms with Gasteiger partial charge in [-0.05, 0) is 35.9 Å². The lowest BCUT2D eigenvalue weighted by molar-refractivity contribution is 0.748. The second-order valence-corrected chi connectivity index (χ2v) is 6.32. The molecule has 0 N–H and O–H groups in total. The number of aromatic nitrogens is 2. The van der Waals surface area contributed by atoms with Crippen LogP contribution in [0.25, 0.3) is 10.9 Å². The van der Waals surface area contributed by atoms with Crippen LogP contribution in [0.1, 0.15) is 5.56 Å². The quantitative estimate of drug-likeness (QED) is 0.652. The van der Waals surface area contributed by atoms with Crippen molar-refractivity contribution >= 4 is 50.0 Å². The molecule has 3 nitrogen and oxygen atoms in total. The van der Waals surface area contributed by atoms with Crippen molar-refractivity contribution in [3.8, 4) is 0 Å². The van der Waals surface area contributed by atoms with Crippen molar-refractivity contribution in [2.24, 2.45) is 0 Å². The Morgan fingerprint density at radius 2 is 1.90 bits per heavy atom. The summed E-state index contributed by atoms with van der Waals surface area (Å²) < 4.78 is 2.40. The van der Waals surface area contributed by atoms with Crippen molar-refractivity contribution in [2.75, 3.05) is 0 Å². The Bertz CT molecular complexity index is 892. The molecule has 0 saturated heterocycles. The largest absolute Gasteiger partial charge is 0.294 e. The van der Waals surface area contributed by atoms with E-state index in [1.807, 2.05) is 18.2 Å². The molecule has 0 bridgehead atoms. The maximum Gasteiger partial charge on any atom is 0.261 e. The molecule has 0 atom stereocenters. The zero-order valence-electron chi connectivity index (χ0n) is 10.7. The Morgan fingerprint density at radius 1 is 1.10 bits per heavy atom. The standard InChI is InChI=1S/C15H9BrCl2N2O/c16-10-2-4-14-11(6-10)15(21)20(8-19-14)7-9-1-3-12(17)13(18)5-9/h1-6,8H,7H2. The molecule has 21 heavy (non-hydrogen) atoms. The first-order valence-corrected chi connectivity index (χ1v) is 7.68. The van der Waals surface area contributed by atoms with Crippen LogP contribution in [0.5, 0.6) is 0 Å². The first kappa shape index (κ1) is 14.6. The molecule has 0 unspecified atom stereocenters. The van der Waals surface area contributed by atoms with E-state index in [-0.39, 0.29) is 5.56 Å². The SMILES string of the molecule is O=c1c2cc(Br)ccc2ncn1Cc1ccc(Cl)c(Cl)c1. The summed E-state index contributed by atoms with van der Waals surface area (Å²) in [6.45, 7) is 0.394. The Balaban J connectivity index is 2.06. The number of hydrogen-bond acceptors (Lipinski definition) is 2. The highest BCUT2D eigenvalue weighted by Gasteiger charge is 2.06. The van der Waals surface area contributed by atoms with Crippen molar-refractivity contribution in [2.45, 2.75) is 6.54 Å². The van der Waals surface area contributed by atoms with Crippen LogP contribution in [0.2, 0.25) is 10.0 Å². The van der Waals surface area contributed by atoms with Gasteiger partial charge in [0.2, 0.25) is 0 Å². The van der Waals surface area contributed by atoms with Crippen LogP contribution in [-0.2, 0) is 6.54 Å². The molecular weight excluding hydrogens is 375 g/mol. The first-order chi connectivity index (χ1) is 10.0. The van der Waals surface area contributed by atoms with Crippen molar-refractivity contribution in [1.29, 1.82) is 0 Å². The van der Waals surface area contributed by atoms with Crippen molar-refractivity contribution in [1.82, 2.24) is 9.55 Å². The maximum atomic E-state index is 12.5. The van der Waals surface area contributed by atoms with Crippen LogP contribution in [-0.4, -0.2) is 9.55 Å². The van der Waals surface area contributed by atoms with E-state index in [9.17, 15) is 4.79 Å². The van der Waals surface area contributed by atoms with Crippen molar-refractivity contribution in [3.63, 3.8) is 0 Å². The van der Waals surface area contributed by atoms with Gasteiger partial charge >= 0.3 is 0 Å². The molecule has 0 aliphatic carbocycles. The summed E-state index contributed by atoms with van der Waals surface area (Å²) in [4.78, 5) is 16.8. The fraction of sp³-hybridized carbons (Fsp3) is 0.0667. The van der Waals surface area contributed by atoms with Gasteiger partial charge < -0.3 is 0 Å². The van der Waals surface area contributed by atoms with E-state index in [0.717, 1.165) is 10.0 Å². The molecule has 0 saturated carbocycles. The highest BCUT2D eigenvalue weighted by molar-refractivity contribution is 9.10. The molecule has 1 heterocycles. The number of halogens is 3. The summed E-state index contributed by atoms with van der Waals surface area (Å²) in [7, 11) is 0. The molecule has 6 heteroatoms. The van der Waals surface area contributed by atoms with E-state index in [1.165, 1.54) is 0 Å². The Hall–Kier alpha value is -1.36. The summed E-state index contributed by atoms with van der Waals surface area (Å²) in [5.41, 5.74) is 1.48. The van der Waals surface area contributed by atoms with Gasteiger partial charge in [-0.15, -0.1) is 0 Å². The predicted octanol–water partition coefficient (Wildman–Crippen LogP) is 4.51. The van der Waals surface area contributed by atoms with E-state index >= 15 is 0 Å². The molecule has 0 aliphatic heterocycles. The second-order valence-electron chi connectivity index (χ2n) is 4.59. The van der Waals surface area contributed by atoms with E-state index < -0.39 is 0 Å². The van der Waals surface area contributed by atoms with E-state index in [2.05, 4.69) is 20.9 Å². The summed E-state index contributed by atoms with van der Waals surface area (Å²) in [6.07, 6.45) is 1.54. The van der Waals surface area contributed by atoms with Gasteiger partial charge in [-0.2, -0.15) is 0 Å². The van der Waals surface area contributed by atoms with Gasteiger partial charge in [0.15, 0.2) is 0 Å². The van der Waals surface area contributed by atoms with E-state index in [1.54, 1.807) is 29.1 Å². The molecule has 0 aliphatic rings. The van der Waals surface area contributed by atoms with Crippen LogP contribution in [0.4, 0.5) is 0 Å². The Kier molecular flexibility index (Phi) is 4.02. The predicted molar refractivity (Wildman–Crippen MR) is 89.3 cm³/mol. The summed E-state index contributed by atoms with van der Waals surface area (Å²) in [6, 6.07) is 10.8. The smallest absolute Gasteiger partial charge is 0.261 e. The van der Waals surface area contributed by atoms with Crippen LogP contribution < -0.4 is 5.56 Å². The molecule has 0 spiro atoms. The third-order valence-corrected chi connectivity index (χ3v) is 4.36. The number of hydrogen-bond donors (Lipinski definition) is 0. The second kappa shape index (κ2) is 5.79. The lowest BCUT2D eigenvalue weighted by Gasteiger charge is -2.08. The van der Waals surface area contributed by atoms with Gasteiger partial charge in [-0.25, -0.2) is 4.98 Å². The molecule has 2 aromatic carbocycles. The summed E-state index contributed by atoms with van der Waals surface area (Å²) >= 11 is 15.3. The molecule has 3 rings (SSSR count). The lowest BCUT2D eigenvalue weighted by Crippen LogP contribution is -2.21. The average molecular weight is 384 g/mol. The zero-order chi connectivity index (χ0) is 15.0. The van der Waals surface area contributed by atoms with Crippen molar-refractivity contribution in [3.05, 3.63) is 73.2 Å². The molecule has 0 amide bonds. The highest BCUT2D eigenvalue weighted by atomic mass is 79.9. The monoisotopic (exact) mass is 382 g/mol. The topological polar surface area (TPSA) is 34.9 Å². The third kappa shape index (κ3) is 2.98. The van der Waals surface area contributed by atoms with Gasteiger partial charge in [0.05, 0.1) is 33.8 Å². The van der Waals surface area contributed by atoms with Gasteiger partial charge in [0, 0.05) is 4.47 Å². The number of fused-ring (bicyclic) bond motifs is 1. The Labute approximate surface area is 139 Å². The van der Waals surface area contributed by atoms with Crippen LogP contribution >= 0.6 is 39.1 Å². The Morgan fingerprint density at radius 3 is 2.67 bits per heavy atom. The van der Waals surface area contributed by atoms with Crippen LogP contribution in [0.3, 0.4) is 0 Å². The highest BCUT2D eigenvalue weighted by Crippen LogP contribution is 2.23. The fourth-order valence-corrected chi connectivity index (χ4v) is 2.76. The molecular formula is C15H9BrCl2N2O. The number of benzene rings is 2. The molecule has 1 aromatic heterocycles. The minimum atomic E-state index is -0.0904. The minimum absolute atomic E-state index is 0.0904. The normalized spacial score (nSPS) is 11.0. The lowest BCUT2D eigenvalue weighted by atomic mass is 10.2. The maximum absolute atomic E-state index is 12.5. The average Bonchev–Trinajstić information content (AvgIpc) is 2.46. The molecule has 0 fully saturated rings. The molecule has 0 radical (unpaired) electrons. The summed E-state index contributed by atoms with van der Waals surface area (Å²) in [5.74, 6) is 0. The van der Waals surface area contributed by atoms with E-state index in [0.29, 0.717) is 27.5 Å². The fourth-order valence-electron chi connectivity index (χ4n) is 2.08. The van der Waals surface area contributed by atoms with Gasteiger partial charge in [0.1, 0.15) is 0 Å². The zero-order valence-corrected chi connectivity index (χ0v) is 13.8. The molecule has 3 aromatic rings. The first-order valence-electron chi connectivity index (χ1n) is 6.13. The van der Waals surface area contributed by atoms with E-state index in [4.69, 9.17) is 23.2 Å². The number of nitrogens with zero attached hydrogens (tertiary/aromatic N) is 2. The third-order valence-electron chi connectivity index (χ3n) is 3.12. The summed E-state index contributed by atoms with van der Waals surface area (Å²) in [5, 5.41) is 1.54. The van der Waals surface area contributed by atoms with Gasteiger partial charge in [-0.1, -0.05) is 45.2 Å². The van der Waals surface area contributed by atoms with Crippen LogP contribution in [0, 0.1) is 0 Å². The van der Waals surface area contributed by atoms with Crippen molar-refractivity contribution < 1.29 is 0 Å². The number of rotatable bonds is 2. The molecule has 106 valence electrons. The van der Waals surface area contributed by atoms with Crippen LogP contribution in [0.15, 0.2) is 52.0 Å². The minimum Gasteiger partial charge on any atom is -0.294 e. The van der Waals surface area contributed by atoms with Gasteiger partial charge in [0.25, 0.3) is 5.56 Å².